The van der Waals surface area contributed by atoms with Gasteiger partial charge in [-0.1, -0.05) is 70.4 Å². The van der Waals surface area contributed by atoms with E-state index in [0.717, 1.165) is 25.7 Å². The summed E-state index contributed by atoms with van der Waals surface area (Å²) < 4.78 is 0. The maximum atomic E-state index is 10.9. The predicted molar refractivity (Wildman–Crippen MR) is 98.2 cm³/mol. The van der Waals surface area contributed by atoms with Crippen LogP contribution < -0.4 is 0 Å². The quantitative estimate of drug-likeness (QED) is 0.259. The summed E-state index contributed by atoms with van der Waals surface area (Å²) in [7, 11) is 0. The van der Waals surface area contributed by atoms with Crippen molar-refractivity contribution in [3.8, 4) is 0 Å². The number of allylic oxidation sites excluding steroid dienone is 2. The van der Waals surface area contributed by atoms with Crippen molar-refractivity contribution in [1.29, 1.82) is 0 Å². The van der Waals surface area contributed by atoms with Crippen LogP contribution in [0, 0.1) is 5.92 Å². The first-order valence-corrected chi connectivity index (χ1v) is 9.67. The van der Waals surface area contributed by atoms with Gasteiger partial charge in [0.1, 0.15) is 0 Å². The fourth-order valence-electron chi connectivity index (χ4n) is 2.81. The molecule has 24 heavy (non-hydrogen) atoms. The maximum absolute atomic E-state index is 10.9. The summed E-state index contributed by atoms with van der Waals surface area (Å²) in [5.74, 6) is -2.78. The van der Waals surface area contributed by atoms with Gasteiger partial charge in [-0.25, -0.2) is 0 Å². The van der Waals surface area contributed by atoms with Crippen molar-refractivity contribution < 1.29 is 19.8 Å². The van der Waals surface area contributed by atoms with Gasteiger partial charge >= 0.3 is 11.9 Å². The highest BCUT2D eigenvalue weighted by molar-refractivity contribution is 5.77. The van der Waals surface area contributed by atoms with Gasteiger partial charge in [0.25, 0.3) is 0 Å². The zero-order valence-electron chi connectivity index (χ0n) is 15.3. The van der Waals surface area contributed by atoms with Gasteiger partial charge in [0.05, 0.1) is 12.3 Å². The van der Waals surface area contributed by atoms with Crippen LogP contribution in [0.4, 0.5) is 0 Å². The van der Waals surface area contributed by atoms with Gasteiger partial charge in [-0.3, -0.25) is 9.59 Å². The first kappa shape index (κ1) is 22.7. The molecule has 0 rings (SSSR count). The Morgan fingerprint density at radius 2 is 1.29 bits per heavy atom. The lowest BCUT2D eigenvalue weighted by atomic mass is 9.98. The molecule has 0 amide bonds. The van der Waals surface area contributed by atoms with Crippen LogP contribution in [-0.2, 0) is 9.59 Å². The number of rotatable bonds is 17. The van der Waals surface area contributed by atoms with Gasteiger partial charge in [-0.05, 0) is 32.1 Å². The number of aliphatic carboxylic acids is 2. The standard InChI is InChI=1S/C20H36O4/c1-2-3-4-5-6-7-8-9-10-11-12-13-14-15-16-18(20(23)24)17-19(21)22/h11-12,18H,2-10,13-17H2,1H3,(H,21,22)(H,23,24). The summed E-state index contributed by atoms with van der Waals surface area (Å²) in [6, 6.07) is 0. The van der Waals surface area contributed by atoms with Gasteiger partial charge < -0.3 is 10.2 Å². The highest BCUT2D eigenvalue weighted by atomic mass is 16.4. The smallest absolute Gasteiger partial charge is 0.307 e. The third-order valence-electron chi connectivity index (χ3n) is 4.33. The van der Waals surface area contributed by atoms with E-state index < -0.39 is 17.9 Å². The highest BCUT2D eigenvalue weighted by Gasteiger charge is 2.19. The Kier molecular flexibility index (Phi) is 15.6. The van der Waals surface area contributed by atoms with Crippen LogP contribution in [0.25, 0.3) is 0 Å². The van der Waals surface area contributed by atoms with Gasteiger partial charge in [0.2, 0.25) is 0 Å². The molecule has 4 heteroatoms. The molecule has 0 heterocycles. The minimum atomic E-state index is -1.03. The number of unbranched alkanes of at least 4 members (excludes halogenated alkanes) is 10. The summed E-state index contributed by atoms with van der Waals surface area (Å²) in [5, 5.41) is 17.6. The van der Waals surface area contributed by atoms with Gasteiger partial charge in [0.15, 0.2) is 0 Å². The van der Waals surface area contributed by atoms with Crippen LogP contribution in [0.3, 0.4) is 0 Å². The number of carboxylic acid groups (broad SMARTS) is 2. The van der Waals surface area contributed by atoms with Crippen LogP contribution >= 0.6 is 0 Å². The lowest BCUT2D eigenvalue weighted by Crippen LogP contribution is -2.17. The SMILES string of the molecule is CCCCCCCCCCC=CCCCCC(CC(=O)O)C(=O)O. The Morgan fingerprint density at radius 1 is 0.792 bits per heavy atom. The molecule has 0 fully saturated rings. The van der Waals surface area contributed by atoms with E-state index in [2.05, 4.69) is 19.1 Å². The molecule has 140 valence electrons. The van der Waals surface area contributed by atoms with Crippen LogP contribution in [0.2, 0.25) is 0 Å². The van der Waals surface area contributed by atoms with E-state index in [1.165, 1.54) is 51.4 Å². The largest absolute Gasteiger partial charge is 0.481 e. The van der Waals surface area contributed by atoms with Crippen molar-refractivity contribution in [3.05, 3.63) is 12.2 Å². The fraction of sp³-hybridized carbons (Fsp3) is 0.800. The van der Waals surface area contributed by atoms with Crippen molar-refractivity contribution in [1.82, 2.24) is 0 Å². The molecule has 0 saturated heterocycles. The molecule has 4 nitrogen and oxygen atoms in total. The maximum Gasteiger partial charge on any atom is 0.307 e. The van der Waals surface area contributed by atoms with Crippen LogP contribution in [0.1, 0.15) is 96.8 Å². The van der Waals surface area contributed by atoms with Crippen LogP contribution in [-0.4, -0.2) is 22.2 Å². The van der Waals surface area contributed by atoms with E-state index in [0.29, 0.717) is 6.42 Å². The second-order valence-corrected chi connectivity index (χ2v) is 6.65. The van der Waals surface area contributed by atoms with E-state index in [-0.39, 0.29) is 6.42 Å². The number of hydrogen-bond donors (Lipinski definition) is 2. The van der Waals surface area contributed by atoms with E-state index >= 15 is 0 Å². The summed E-state index contributed by atoms with van der Waals surface area (Å²) in [5.41, 5.74) is 0. The minimum absolute atomic E-state index is 0.274. The molecule has 0 saturated carbocycles. The highest BCUT2D eigenvalue weighted by Crippen LogP contribution is 2.15. The van der Waals surface area contributed by atoms with Gasteiger partial charge in [-0.15, -0.1) is 0 Å². The van der Waals surface area contributed by atoms with E-state index in [1.54, 1.807) is 0 Å². The van der Waals surface area contributed by atoms with Crippen LogP contribution in [0.5, 0.6) is 0 Å². The second-order valence-electron chi connectivity index (χ2n) is 6.65. The predicted octanol–water partition coefficient (Wildman–Crippen LogP) is 5.81. The molecule has 0 aromatic rings. The molecular weight excluding hydrogens is 304 g/mol. The monoisotopic (exact) mass is 340 g/mol. The molecule has 0 aliphatic rings. The molecular formula is C20H36O4. The molecule has 0 aromatic carbocycles. The topological polar surface area (TPSA) is 74.6 Å². The average molecular weight is 341 g/mol. The molecule has 0 aliphatic heterocycles. The Bertz CT molecular complexity index is 350. The average Bonchev–Trinajstić information content (AvgIpc) is 2.53. The molecule has 2 N–H and O–H groups in total. The Morgan fingerprint density at radius 3 is 1.79 bits per heavy atom. The number of carboxylic acids is 2. The number of carbonyl (C=O) groups is 2. The molecule has 1 atom stereocenters. The normalized spacial score (nSPS) is 12.5. The Hall–Kier alpha value is -1.32. The summed E-state index contributed by atoms with van der Waals surface area (Å²) in [4.78, 5) is 21.5. The van der Waals surface area contributed by atoms with Gasteiger partial charge in [0, 0.05) is 0 Å². The zero-order chi connectivity index (χ0) is 18.0. The van der Waals surface area contributed by atoms with E-state index in [9.17, 15) is 9.59 Å². The van der Waals surface area contributed by atoms with Gasteiger partial charge in [-0.2, -0.15) is 0 Å². The summed E-state index contributed by atoms with van der Waals surface area (Å²) in [6.07, 6.45) is 19.1. The third kappa shape index (κ3) is 15.6. The third-order valence-corrected chi connectivity index (χ3v) is 4.33. The summed E-state index contributed by atoms with van der Waals surface area (Å²) >= 11 is 0. The van der Waals surface area contributed by atoms with E-state index in [1.807, 2.05) is 0 Å². The lowest BCUT2D eigenvalue weighted by Gasteiger charge is -2.08. The number of hydrogen-bond acceptors (Lipinski definition) is 2. The molecule has 0 radical (unpaired) electrons. The molecule has 1 unspecified atom stereocenters. The summed E-state index contributed by atoms with van der Waals surface area (Å²) in [6.45, 7) is 2.24. The second kappa shape index (κ2) is 16.5. The first-order chi connectivity index (χ1) is 11.6. The first-order valence-electron chi connectivity index (χ1n) is 9.67. The van der Waals surface area contributed by atoms with Crippen LogP contribution in [0.15, 0.2) is 12.2 Å². The van der Waals surface area contributed by atoms with E-state index in [4.69, 9.17) is 10.2 Å². The fourth-order valence-corrected chi connectivity index (χ4v) is 2.81. The van der Waals surface area contributed by atoms with Crippen molar-refractivity contribution >= 4 is 11.9 Å². The Balaban J connectivity index is 3.43. The van der Waals surface area contributed by atoms with Crippen molar-refractivity contribution in [2.45, 2.75) is 96.8 Å². The van der Waals surface area contributed by atoms with Crippen molar-refractivity contribution in [2.75, 3.05) is 0 Å². The van der Waals surface area contributed by atoms with Crippen molar-refractivity contribution in [2.24, 2.45) is 5.92 Å². The molecule has 0 aliphatic carbocycles. The molecule has 0 bridgehead atoms. The lowest BCUT2D eigenvalue weighted by molar-refractivity contribution is -0.148. The van der Waals surface area contributed by atoms with Crippen molar-refractivity contribution in [3.63, 3.8) is 0 Å². The Labute approximate surface area is 147 Å². The zero-order valence-corrected chi connectivity index (χ0v) is 15.3. The molecule has 0 aromatic heterocycles. The molecule has 0 spiro atoms. The minimum Gasteiger partial charge on any atom is -0.481 e.